The molecule has 0 saturated carbocycles. The van der Waals surface area contributed by atoms with Gasteiger partial charge < -0.3 is 16.0 Å². The van der Waals surface area contributed by atoms with E-state index in [1.807, 2.05) is 26.1 Å². The van der Waals surface area contributed by atoms with Crippen LogP contribution in [0.25, 0.3) is 0 Å². The van der Waals surface area contributed by atoms with Gasteiger partial charge in [0.05, 0.1) is 0 Å². The van der Waals surface area contributed by atoms with Crippen LogP contribution in [0.2, 0.25) is 0 Å². The molecule has 0 aromatic heterocycles. The molecular formula is C40H70N4O5. The van der Waals surface area contributed by atoms with Crippen LogP contribution in [0.4, 0.5) is 0 Å². The molecule has 49 heavy (non-hydrogen) atoms. The number of piperidine rings is 4. The van der Waals surface area contributed by atoms with Crippen molar-refractivity contribution in [1.82, 2.24) is 21.3 Å². The van der Waals surface area contributed by atoms with Crippen molar-refractivity contribution in [3.05, 3.63) is 36.8 Å². The summed E-state index contributed by atoms with van der Waals surface area (Å²) in [6.45, 7) is 32.4. The van der Waals surface area contributed by atoms with Gasteiger partial charge in [-0.1, -0.05) is 110 Å². The minimum absolute atomic E-state index is 0. The summed E-state index contributed by atoms with van der Waals surface area (Å²) in [5.41, 5.74) is -0.795. The third-order valence-corrected chi connectivity index (χ3v) is 7.82. The highest BCUT2D eigenvalue weighted by atomic mass is 16.2. The van der Waals surface area contributed by atoms with Gasteiger partial charge in [0.15, 0.2) is 0 Å². The molecule has 4 atom stereocenters. The maximum atomic E-state index is 11.9. The average Bonchev–Trinajstić information content (AvgIpc) is 2.99. The molecule has 280 valence electrons. The Morgan fingerprint density at radius 3 is 1.37 bits per heavy atom. The molecule has 4 aliphatic rings. The maximum absolute atomic E-state index is 11.9. The first kappa shape index (κ1) is 30.6. The number of rotatable bonds is 0. The Bertz CT molecular complexity index is 1690. The molecule has 4 rings (SSSR count). The summed E-state index contributed by atoms with van der Waals surface area (Å²) in [5.74, 6) is -7.17. The molecule has 4 heterocycles. The zero-order chi connectivity index (χ0) is 46.4. The van der Waals surface area contributed by atoms with Crippen LogP contribution in [0.1, 0.15) is 155 Å². The molecule has 0 aromatic rings. The number of allylic oxidation sites excluding steroid dienone is 3. The summed E-state index contributed by atoms with van der Waals surface area (Å²) in [5, 5.41) is 9.53. The second-order valence-corrected chi connectivity index (χ2v) is 16.5. The number of imide groups is 1. The second kappa shape index (κ2) is 18.1. The van der Waals surface area contributed by atoms with Gasteiger partial charge in [-0.15, -0.1) is 0 Å². The van der Waals surface area contributed by atoms with Gasteiger partial charge in [-0.3, -0.25) is 29.3 Å². The lowest BCUT2D eigenvalue weighted by molar-refractivity contribution is -0.139. The Balaban J connectivity index is 0.000000763. The van der Waals surface area contributed by atoms with Crippen molar-refractivity contribution < 1.29 is 37.7 Å². The first-order chi connectivity index (χ1) is 25.4. The van der Waals surface area contributed by atoms with Crippen LogP contribution in [0.3, 0.4) is 0 Å². The van der Waals surface area contributed by atoms with Gasteiger partial charge in [-0.25, -0.2) is 0 Å². The Kier molecular flexibility index (Phi) is 11.3. The first-order valence-corrected chi connectivity index (χ1v) is 16.2. The minimum Gasteiger partial charge on any atom is -0.330 e. The smallest absolute Gasteiger partial charge is 0.230 e. The van der Waals surface area contributed by atoms with Crippen molar-refractivity contribution in [2.75, 3.05) is 0 Å². The van der Waals surface area contributed by atoms with Crippen molar-refractivity contribution in [3.8, 4) is 0 Å². The highest BCUT2D eigenvalue weighted by Gasteiger charge is 2.37. The summed E-state index contributed by atoms with van der Waals surface area (Å²) in [6.07, 6.45) is -7.19. The van der Waals surface area contributed by atoms with E-state index < -0.39 is 71.7 Å². The number of hydrogen-bond acceptors (Lipinski definition) is 5. The van der Waals surface area contributed by atoms with Crippen LogP contribution in [-0.2, 0) is 24.0 Å². The summed E-state index contributed by atoms with van der Waals surface area (Å²) >= 11 is 0. The molecule has 9 nitrogen and oxygen atoms in total. The van der Waals surface area contributed by atoms with E-state index in [2.05, 4.69) is 56.5 Å². The fraction of sp³-hybridized carbons (Fsp3) is 0.725. The molecule has 0 spiro atoms. The predicted octanol–water partition coefficient (Wildman–Crippen LogP) is 7.94. The van der Waals surface area contributed by atoms with Crippen molar-refractivity contribution in [1.29, 1.82) is 0 Å². The Hall–Kier alpha value is -3.23. The Labute approximate surface area is 312 Å². The zero-order valence-corrected chi connectivity index (χ0v) is 31.1. The van der Waals surface area contributed by atoms with Crippen LogP contribution < -0.4 is 21.3 Å². The van der Waals surface area contributed by atoms with E-state index >= 15 is 0 Å². The molecule has 4 saturated heterocycles. The molecule has 4 aliphatic heterocycles. The molecule has 0 aliphatic carbocycles. The van der Waals surface area contributed by atoms with Gasteiger partial charge in [0.2, 0.25) is 29.5 Å². The lowest BCUT2D eigenvalue weighted by Gasteiger charge is -2.33. The number of carbonyl (C=O) groups is 5. The standard InChI is InChI=1S/3C10H17NO.C9H15NO2.CH4/c3*1-7-5-6-8(9(12)11-7)10(2,3)4;1-9(2,3)6-4-5-7(11)10-8(6)12;/h3*8H,1,5-6H2,2-4H3,(H,11,12);6H,4-5H2,1-3H3,(H,10,11,12);1H4/i5D2,6D2,8D;8D;;4D2,5D2;. The predicted molar refractivity (Wildman–Crippen MR) is 200 cm³/mol. The maximum Gasteiger partial charge on any atom is 0.230 e. The van der Waals surface area contributed by atoms with E-state index in [9.17, 15) is 24.0 Å². The number of amides is 5. The highest BCUT2D eigenvalue weighted by molar-refractivity contribution is 5.98. The molecular weight excluding hydrogens is 616 g/mol. The molecule has 5 amide bonds. The third-order valence-electron chi connectivity index (χ3n) is 7.82. The lowest BCUT2D eigenvalue weighted by Crippen LogP contribution is -2.45. The quantitative estimate of drug-likeness (QED) is 0.191. The molecule has 4 fully saturated rings. The summed E-state index contributed by atoms with van der Waals surface area (Å²) in [4.78, 5) is 57.9. The van der Waals surface area contributed by atoms with Crippen LogP contribution in [0, 0.1) is 45.3 Å². The van der Waals surface area contributed by atoms with E-state index in [4.69, 9.17) is 13.7 Å². The molecule has 4 N–H and O–H groups in total. The van der Waals surface area contributed by atoms with Gasteiger partial charge in [0.25, 0.3) is 0 Å². The fourth-order valence-electron chi connectivity index (χ4n) is 4.99. The SMILES string of the molecule is C.C=C1CCC(C(C)(C)C)C(=O)N1.[2H]C1(C(C)(C)C)CCC(=C)NC1=O.[2H]C1([2H])C(=C)NC(=O)C([2H])(C(C)(C)C)C1([2H])[2H].[2H]C1([2H])C(=O)NC(=O)C(C(C)(C)C)C1([2H])[2H]. The van der Waals surface area contributed by atoms with Gasteiger partial charge >= 0.3 is 0 Å². The second-order valence-electron chi connectivity index (χ2n) is 16.5. The van der Waals surface area contributed by atoms with E-state index in [1.54, 1.807) is 41.5 Å². The van der Waals surface area contributed by atoms with Crippen LogP contribution in [0.15, 0.2) is 36.8 Å². The third kappa shape index (κ3) is 15.5. The number of carbonyl (C=O) groups excluding carboxylic acids is 5. The normalized spacial score (nSPS) is 35.0. The van der Waals surface area contributed by atoms with Crippen molar-refractivity contribution >= 4 is 29.5 Å². The van der Waals surface area contributed by atoms with Gasteiger partial charge in [0.1, 0.15) is 0 Å². The summed E-state index contributed by atoms with van der Waals surface area (Å²) < 4.78 is 77.8. The first-order valence-electron chi connectivity index (χ1n) is 21.2. The highest BCUT2D eigenvalue weighted by Crippen LogP contribution is 2.35. The van der Waals surface area contributed by atoms with Crippen molar-refractivity contribution in [2.45, 2.75) is 142 Å². The van der Waals surface area contributed by atoms with Crippen molar-refractivity contribution in [3.63, 3.8) is 0 Å². The fourth-order valence-corrected chi connectivity index (χ4v) is 4.99. The van der Waals surface area contributed by atoms with Crippen LogP contribution in [-0.4, -0.2) is 29.5 Å². The van der Waals surface area contributed by atoms with Gasteiger partial charge in [-0.05, 0) is 66.5 Å². The summed E-state index contributed by atoms with van der Waals surface area (Å²) in [6, 6.07) is 0. The molecule has 0 radical (unpaired) electrons. The van der Waals surface area contributed by atoms with Crippen molar-refractivity contribution in [2.24, 2.45) is 45.3 Å². The molecule has 4 unspecified atom stereocenters. The average molecular weight is 697 g/mol. The van der Waals surface area contributed by atoms with E-state index in [0.29, 0.717) is 12.8 Å². The van der Waals surface area contributed by atoms with E-state index in [0.717, 1.165) is 24.2 Å². The number of hydrogen-bond donors (Lipinski definition) is 4. The zero-order valence-electron chi connectivity index (χ0n) is 41.1. The number of nitrogens with one attached hydrogen (secondary N) is 4. The van der Waals surface area contributed by atoms with Gasteiger partial charge in [-0.2, -0.15) is 0 Å². The largest absolute Gasteiger partial charge is 0.330 e. The van der Waals surface area contributed by atoms with Crippen LogP contribution in [0.5, 0.6) is 0 Å². The minimum atomic E-state index is -2.70. The molecule has 0 bridgehead atoms. The van der Waals surface area contributed by atoms with Gasteiger partial charge in [0, 0.05) is 60.8 Å². The lowest BCUT2D eigenvalue weighted by atomic mass is 9.76. The Morgan fingerprint density at radius 1 is 0.531 bits per heavy atom. The molecule has 9 heteroatoms. The summed E-state index contributed by atoms with van der Waals surface area (Å²) in [7, 11) is 0. The van der Waals surface area contributed by atoms with E-state index in [1.165, 1.54) is 0 Å². The van der Waals surface area contributed by atoms with E-state index in [-0.39, 0.29) is 41.7 Å². The van der Waals surface area contributed by atoms with Crippen LogP contribution >= 0.6 is 0 Å². The Morgan fingerprint density at radius 2 is 0.939 bits per heavy atom. The monoisotopic (exact) mass is 697 g/mol. The topological polar surface area (TPSA) is 133 Å². The molecule has 0 aromatic carbocycles.